The zero-order valence-corrected chi connectivity index (χ0v) is 12.1. The lowest BCUT2D eigenvalue weighted by atomic mass is 9.82. The molecule has 2 fully saturated rings. The molecule has 1 aliphatic carbocycles. The summed E-state index contributed by atoms with van der Waals surface area (Å²) in [6.07, 6.45) is 7.53. The molecular formula is C15H28N2O. The van der Waals surface area contributed by atoms with Crippen molar-refractivity contribution in [3.63, 3.8) is 0 Å². The van der Waals surface area contributed by atoms with Gasteiger partial charge in [0.2, 0.25) is 5.91 Å². The van der Waals surface area contributed by atoms with E-state index in [0.717, 1.165) is 31.2 Å². The van der Waals surface area contributed by atoms with E-state index >= 15 is 0 Å². The Morgan fingerprint density at radius 2 is 2.06 bits per heavy atom. The normalized spacial score (nSPS) is 37.3. The number of hydrogen-bond donors (Lipinski definition) is 1. The van der Waals surface area contributed by atoms with E-state index in [4.69, 9.17) is 0 Å². The van der Waals surface area contributed by atoms with Crippen LogP contribution in [0, 0.1) is 11.8 Å². The first-order valence-corrected chi connectivity index (χ1v) is 7.72. The van der Waals surface area contributed by atoms with Crippen molar-refractivity contribution in [1.82, 2.24) is 10.2 Å². The van der Waals surface area contributed by atoms with Gasteiger partial charge in [-0.05, 0) is 37.5 Å². The topological polar surface area (TPSA) is 32.3 Å². The van der Waals surface area contributed by atoms with Gasteiger partial charge < -0.3 is 4.90 Å². The largest absolute Gasteiger partial charge is 0.326 e. The lowest BCUT2D eigenvalue weighted by Crippen LogP contribution is -2.40. The van der Waals surface area contributed by atoms with Crippen molar-refractivity contribution in [2.45, 2.75) is 71.5 Å². The van der Waals surface area contributed by atoms with Crippen LogP contribution >= 0.6 is 0 Å². The lowest BCUT2D eigenvalue weighted by Gasteiger charge is -2.32. The number of nitrogens with one attached hydrogen (secondary N) is 1. The highest BCUT2D eigenvalue weighted by molar-refractivity contribution is 5.84. The van der Waals surface area contributed by atoms with Gasteiger partial charge in [-0.3, -0.25) is 10.1 Å². The third kappa shape index (κ3) is 2.87. The van der Waals surface area contributed by atoms with Gasteiger partial charge in [0.05, 0.1) is 12.2 Å². The zero-order valence-electron chi connectivity index (χ0n) is 12.1. The highest BCUT2D eigenvalue weighted by atomic mass is 16.2. The molecule has 104 valence electrons. The molecule has 0 spiro atoms. The monoisotopic (exact) mass is 252 g/mol. The second-order valence-electron chi connectivity index (χ2n) is 6.18. The van der Waals surface area contributed by atoms with E-state index in [1.54, 1.807) is 0 Å². The van der Waals surface area contributed by atoms with Crippen LogP contribution in [0.1, 0.15) is 59.3 Å². The fourth-order valence-electron chi connectivity index (χ4n) is 3.60. The molecule has 1 amide bonds. The van der Waals surface area contributed by atoms with Gasteiger partial charge in [0.1, 0.15) is 0 Å². The van der Waals surface area contributed by atoms with Gasteiger partial charge in [-0.2, -0.15) is 0 Å². The van der Waals surface area contributed by atoms with E-state index in [1.165, 1.54) is 25.7 Å². The Morgan fingerprint density at radius 3 is 2.67 bits per heavy atom. The van der Waals surface area contributed by atoms with Crippen molar-refractivity contribution in [2.75, 3.05) is 6.54 Å². The van der Waals surface area contributed by atoms with E-state index in [1.807, 2.05) is 0 Å². The molecule has 2 aliphatic rings. The second-order valence-corrected chi connectivity index (χ2v) is 6.18. The van der Waals surface area contributed by atoms with Crippen LogP contribution in [0.3, 0.4) is 0 Å². The standard InChI is InChI=1S/C15H28N2O/c1-4-13-15(18)17(14(5-2)16-13)10-12-8-6-7-11(3)9-12/h11-14,16H,4-10H2,1-3H3. The summed E-state index contributed by atoms with van der Waals surface area (Å²) in [5.74, 6) is 1.91. The van der Waals surface area contributed by atoms with Gasteiger partial charge in [-0.25, -0.2) is 0 Å². The van der Waals surface area contributed by atoms with E-state index in [-0.39, 0.29) is 12.2 Å². The Hall–Kier alpha value is -0.570. The molecule has 1 N–H and O–H groups in total. The third-order valence-corrected chi connectivity index (χ3v) is 4.65. The maximum atomic E-state index is 12.3. The van der Waals surface area contributed by atoms with Crippen molar-refractivity contribution in [3.8, 4) is 0 Å². The molecule has 2 rings (SSSR count). The molecule has 1 saturated heterocycles. The predicted octanol–water partition coefficient (Wildman–Crippen LogP) is 2.76. The second kappa shape index (κ2) is 6.05. The first-order valence-electron chi connectivity index (χ1n) is 7.72. The third-order valence-electron chi connectivity index (χ3n) is 4.65. The summed E-state index contributed by atoms with van der Waals surface area (Å²) >= 11 is 0. The van der Waals surface area contributed by atoms with Crippen molar-refractivity contribution in [1.29, 1.82) is 0 Å². The van der Waals surface area contributed by atoms with E-state index in [2.05, 4.69) is 31.0 Å². The van der Waals surface area contributed by atoms with E-state index in [9.17, 15) is 4.79 Å². The molecule has 0 bridgehead atoms. The van der Waals surface area contributed by atoms with Gasteiger partial charge in [-0.15, -0.1) is 0 Å². The van der Waals surface area contributed by atoms with Crippen molar-refractivity contribution >= 4 is 5.91 Å². The summed E-state index contributed by atoms with van der Waals surface area (Å²) in [6, 6.07) is 0.0657. The van der Waals surface area contributed by atoms with Crippen LogP contribution in [0.15, 0.2) is 0 Å². The molecule has 1 saturated carbocycles. The molecule has 1 heterocycles. The van der Waals surface area contributed by atoms with Crippen molar-refractivity contribution < 1.29 is 4.79 Å². The first kappa shape index (κ1) is 13.9. The van der Waals surface area contributed by atoms with E-state index in [0.29, 0.717) is 5.91 Å². The highest BCUT2D eigenvalue weighted by Gasteiger charge is 2.38. The van der Waals surface area contributed by atoms with Gasteiger partial charge >= 0.3 is 0 Å². The molecule has 0 aromatic rings. The molecular weight excluding hydrogens is 224 g/mol. The highest BCUT2D eigenvalue weighted by Crippen LogP contribution is 2.30. The zero-order chi connectivity index (χ0) is 13.1. The van der Waals surface area contributed by atoms with Gasteiger partial charge in [0.15, 0.2) is 0 Å². The summed E-state index contributed by atoms with van der Waals surface area (Å²) in [5, 5.41) is 3.47. The number of carbonyl (C=O) groups is 1. The Morgan fingerprint density at radius 1 is 1.28 bits per heavy atom. The van der Waals surface area contributed by atoms with Crippen LogP contribution in [0.2, 0.25) is 0 Å². The number of amides is 1. The number of nitrogens with zero attached hydrogens (tertiary/aromatic N) is 1. The van der Waals surface area contributed by atoms with Crippen LogP contribution in [0.5, 0.6) is 0 Å². The van der Waals surface area contributed by atoms with Gasteiger partial charge in [0, 0.05) is 6.54 Å². The van der Waals surface area contributed by atoms with E-state index < -0.39 is 0 Å². The van der Waals surface area contributed by atoms with Crippen LogP contribution in [-0.4, -0.2) is 29.6 Å². The molecule has 0 aromatic carbocycles. The summed E-state index contributed by atoms with van der Waals surface area (Å²) in [6.45, 7) is 7.58. The van der Waals surface area contributed by atoms with Crippen LogP contribution in [0.4, 0.5) is 0 Å². The molecule has 3 heteroatoms. The minimum Gasteiger partial charge on any atom is -0.326 e. The fourth-order valence-corrected chi connectivity index (χ4v) is 3.60. The smallest absolute Gasteiger partial charge is 0.241 e. The fraction of sp³-hybridized carbons (Fsp3) is 0.933. The minimum atomic E-state index is 0.0657. The van der Waals surface area contributed by atoms with Crippen LogP contribution in [0.25, 0.3) is 0 Å². The van der Waals surface area contributed by atoms with Crippen molar-refractivity contribution in [2.24, 2.45) is 11.8 Å². The summed E-state index contributed by atoms with van der Waals surface area (Å²) < 4.78 is 0. The molecule has 0 aromatic heterocycles. The van der Waals surface area contributed by atoms with Gasteiger partial charge in [-0.1, -0.05) is 33.6 Å². The molecule has 1 aliphatic heterocycles. The average Bonchev–Trinajstić information content (AvgIpc) is 2.66. The Kier molecular flexibility index (Phi) is 4.66. The Labute approximate surface area is 111 Å². The number of carbonyl (C=O) groups excluding carboxylic acids is 1. The number of hydrogen-bond acceptors (Lipinski definition) is 2. The van der Waals surface area contributed by atoms with Crippen LogP contribution in [-0.2, 0) is 4.79 Å². The summed E-state index contributed by atoms with van der Waals surface area (Å²) in [7, 11) is 0. The molecule has 18 heavy (non-hydrogen) atoms. The van der Waals surface area contributed by atoms with Crippen molar-refractivity contribution in [3.05, 3.63) is 0 Å². The maximum Gasteiger partial charge on any atom is 0.241 e. The number of rotatable bonds is 4. The Balaban J connectivity index is 1.95. The average molecular weight is 252 g/mol. The quantitative estimate of drug-likeness (QED) is 0.834. The summed E-state index contributed by atoms with van der Waals surface area (Å²) in [5.41, 5.74) is 0. The SMILES string of the molecule is CCC1NC(CC)N(CC2CCCC(C)C2)C1=O. The first-order chi connectivity index (χ1) is 8.65. The summed E-state index contributed by atoms with van der Waals surface area (Å²) in [4.78, 5) is 14.4. The van der Waals surface area contributed by atoms with Gasteiger partial charge in [0.25, 0.3) is 0 Å². The van der Waals surface area contributed by atoms with Crippen LogP contribution < -0.4 is 5.32 Å². The molecule has 0 radical (unpaired) electrons. The molecule has 4 atom stereocenters. The lowest BCUT2D eigenvalue weighted by molar-refractivity contribution is -0.131. The minimum absolute atomic E-state index is 0.0657. The molecule has 3 nitrogen and oxygen atoms in total. The maximum absolute atomic E-state index is 12.3. The molecule has 4 unspecified atom stereocenters. The predicted molar refractivity (Wildman–Crippen MR) is 74.1 cm³/mol. The Bertz CT molecular complexity index is 292.